The lowest BCUT2D eigenvalue weighted by Crippen LogP contribution is -2.42. The van der Waals surface area contributed by atoms with Crippen molar-refractivity contribution < 1.29 is 0 Å². The number of aliphatic imine (C=N–C) groups is 1. The minimum Gasteiger partial charge on any atom is -0.370 e. The average molecular weight is 251 g/mol. The van der Waals surface area contributed by atoms with E-state index in [9.17, 15) is 0 Å². The van der Waals surface area contributed by atoms with Crippen LogP contribution < -0.4 is 5.73 Å². The fraction of sp³-hybridized carbons (Fsp3) is 0.933. The van der Waals surface area contributed by atoms with Crippen molar-refractivity contribution in [2.45, 2.75) is 82.7 Å². The molecule has 0 heterocycles. The molecule has 104 valence electrons. The first-order valence-electron chi connectivity index (χ1n) is 7.83. The van der Waals surface area contributed by atoms with Crippen molar-refractivity contribution >= 4 is 5.96 Å². The Labute approximate surface area is 112 Å². The molecule has 0 aromatic heterocycles. The number of nitrogens with zero attached hydrogens (tertiary/aromatic N) is 2. The summed E-state index contributed by atoms with van der Waals surface area (Å²) in [5.74, 6) is 0.786. The Hall–Kier alpha value is -0.730. The minimum absolute atomic E-state index is 0.493. The van der Waals surface area contributed by atoms with Crippen LogP contribution in [0.4, 0.5) is 0 Å². The largest absolute Gasteiger partial charge is 0.370 e. The molecule has 0 spiro atoms. The second-order valence-electron chi connectivity index (χ2n) is 6.04. The van der Waals surface area contributed by atoms with Gasteiger partial charge >= 0.3 is 0 Å². The second-order valence-corrected chi connectivity index (χ2v) is 6.04. The quantitative estimate of drug-likeness (QED) is 0.465. The van der Waals surface area contributed by atoms with Gasteiger partial charge < -0.3 is 10.6 Å². The van der Waals surface area contributed by atoms with Gasteiger partial charge in [0.05, 0.1) is 6.04 Å². The maximum Gasteiger partial charge on any atom is 0.191 e. The van der Waals surface area contributed by atoms with Gasteiger partial charge in [0.2, 0.25) is 0 Å². The van der Waals surface area contributed by atoms with Crippen LogP contribution in [0.1, 0.15) is 70.6 Å². The zero-order valence-electron chi connectivity index (χ0n) is 11.9. The van der Waals surface area contributed by atoms with Gasteiger partial charge in [0.1, 0.15) is 0 Å². The highest BCUT2D eigenvalue weighted by Gasteiger charge is 2.20. The molecule has 0 unspecified atom stereocenters. The molecule has 0 amide bonds. The molecule has 0 saturated heterocycles. The highest BCUT2D eigenvalue weighted by atomic mass is 15.3. The van der Waals surface area contributed by atoms with Gasteiger partial charge in [-0.05, 0) is 25.7 Å². The van der Waals surface area contributed by atoms with Gasteiger partial charge in [0.15, 0.2) is 5.96 Å². The Morgan fingerprint density at radius 1 is 0.889 bits per heavy atom. The summed E-state index contributed by atoms with van der Waals surface area (Å²) in [4.78, 5) is 7.01. The van der Waals surface area contributed by atoms with E-state index >= 15 is 0 Å². The van der Waals surface area contributed by atoms with Crippen LogP contribution in [0.5, 0.6) is 0 Å². The van der Waals surface area contributed by atoms with Crippen molar-refractivity contribution in [2.75, 3.05) is 7.05 Å². The van der Waals surface area contributed by atoms with Crippen molar-refractivity contribution in [1.29, 1.82) is 0 Å². The van der Waals surface area contributed by atoms with E-state index in [1.54, 1.807) is 0 Å². The number of hydrogen-bond acceptors (Lipinski definition) is 1. The highest BCUT2D eigenvalue weighted by Crippen LogP contribution is 2.23. The van der Waals surface area contributed by atoms with Crippen molar-refractivity contribution in [2.24, 2.45) is 10.7 Å². The predicted molar refractivity (Wildman–Crippen MR) is 77.7 cm³/mol. The van der Waals surface area contributed by atoms with Crippen LogP contribution in [0.3, 0.4) is 0 Å². The van der Waals surface area contributed by atoms with Gasteiger partial charge in [-0.2, -0.15) is 0 Å². The number of guanidine groups is 1. The molecule has 2 N–H and O–H groups in total. The highest BCUT2D eigenvalue weighted by molar-refractivity contribution is 5.78. The lowest BCUT2D eigenvalue weighted by atomic mass is 9.96. The summed E-state index contributed by atoms with van der Waals surface area (Å²) in [6.07, 6.45) is 14.6. The molecular formula is C15H29N3. The molecule has 3 heteroatoms. The van der Waals surface area contributed by atoms with E-state index < -0.39 is 0 Å². The molecule has 0 atom stereocenters. The second kappa shape index (κ2) is 7.01. The molecule has 18 heavy (non-hydrogen) atoms. The summed E-state index contributed by atoms with van der Waals surface area (Å²) in [5, 5.41) is 0. The first-order chi connectivity index (χ1) is 8.77. The maximum absolute atomic E-state index is 6.21. The predicted octanol–water partition coefficient (Wildman–Crippen LogP) is 3.29. The van der Waals surface area contributed by atoms with Crippen molar-refractivity contribution in [3.05, 3.63) is 0 Å². The summed E-state index contributed by atoms with van der Waals surface area (Å²) in [7, 11) is 2.14. The van der Waals surface area contributed by atoms with Gasteiger partial charge in [0, 0.05) is 13.1 Å². The zero-order valence-corrected chi connectivity index (χ0v) is 11.9. The number of hydrogen-bond donors (Lipinski definition) is 1. The average Bonchev–Trinajstić information content (AvgIpc) is 2.68. The van der Waals surface area contributed by atoms with Crippen LogP contribution in [-0.4, -0.2) is 30.0 Å². The Morgan fingerprint density at radius 3 is 2.00 bits per heavy atom. The van der Waals surface area contributed by atoms with E-state index in [2.05, 4.69) is 11.9 Å². The third-order valence-corrected chi connectivity index (χ3v) is 4.62. The molecule has 2 rings (SSSR count). The molecule has 0 radical (unpaired) electrons. The molecule has 3 nitrogen and oxygen atoms in total. The van der Waals surface area contributed by atoms with E-state index in [1.807, 2.05) is 0 Å². The van der Waals surface area contributed by atoms with Crippen molar-refractivity contribution in [3.8, 4) is 0 Å². The molecule has 0 aliphatic heterocycles. The third kappa shape index (κ3) is 3.89. The third-order valence-electron chi connectivity index (χ3n) is 4.62. The van der Waals surface area contributed by atoms with Crippen LogP contribution in [0.2, 0.25) is 0 Å². The van der Waals surface area contributed by atoms with Crippen molar-refractivity contribution in [3.63, 3.8) is 0 Å². The molecule has 0 aromatic carbocycles. The van der Waals surface area contributed by atoms with Crippen LogP contribution in [0.15, 0.2) is 4.99 Å². The van der Waals surface area contributed by atoms with Crippen molar-refractivity contribution in [1.82, 2.24) is 4.90 Å². The van der Waals surface area contributed by atoms with Crippen LogP contribution in [0.25, 0.3) is 0 Å². The van der Waals surface area contributed by atoms with E-state index in [4.69, 9.17) is 10.7 Å². The maximum atomic E-state index is 6.21. The fourth-order valence-corrected chi connectivity index (χ4v) is 3.32. The summed E-state index contributed by atoms with van der Waals surface area (Å²) >= 11 is 0. The summed E-state index contributed by atoms with van der Waals surface area (Å²) < 4.78 is 0. The normalized spacial score (nSPS) is 24.8. The van der Waals surface area contributed by atoms with Gasteiger partial charge in [-0.1, -0.05) is 44.9 Å². The first-order valence-corrected chi connectivity index (χ1v) is 7.83. The van der Waals surface area contributed by atoms with E-state index in [1.165, 1.54) is 70.6 Å². The lowest BCUT2D eigenvalue weighted by molar-refractivity contribution is 0.322. The Kier molecular flexibility index (Phi) is 5.33. The standard InChI is InChI=1S/C15H29N3/c1-18(14-11-7-2-3-8-12-14)15(16)17-13-9-5-4-6-10-13/h13-14H,2-12H2,1H3,(H2,16,17). The zero-order chi connectivity index (χ0) is 12.8. The SMILES string of the molecule is CN(C(N)=NC1CCCCC1)C1CCCCCC1. The lowest BCUT2D eigenvalue weighted by Gasteiger charge is -2.29. The molecule has 0 aromatic rings. The smallest absolute Gasteiger partial charge is 0.191 e. The van der Waals surface area contributed by atoms with E-state index in [0.29, 0.717) is 12.1 Å². The van der Waals surface area contributed by atoms with Crippen LogP contribution >= 0.6 is 0 Å². The molecule has 0 bridgehead atoms. The Morgan fingerprint density at radius 2 is 1.39 bits per heavy atom. The van der Waals surface area contributed by atoms with Gasteiger partial charge in [-0.3, -0.25) is 0 Å². The molecule has 2 aliphatic rings. The minimum atomic E-state index is 0.493. The van der Waals surface area contributed by atoms with Crippen LogP contribution in [-0.2, 0) is 0 Å². The summed E-state index contributed by atoms with van der Waals surface area (Å²) in [5.41, 5.74) is 6.21. The van der Waals surface area contributed by atoms with E-state index in [-0.39, 0.29) is 0 Å². The first kappa shape index (κ1) is 13.7. The molecule has 2 saturated carbocycles. The van der Waals surface area contributed by atoms with Gasteiger partial charge in [-0.25, -0.2) is 4.99 Å². The number of rotatable bonds is 2. The molecular weight excluding hydrogens is 222 g/mol. The van der Waals surface area contributed by atoms with E-state index in [0.717, 1.165) is 5.96 Å². The summed E-state index contributed by atoms with van der Waals surface area (Å²) in [6.45, 7) is 0. The van der Waals surface area contributed by atoms with Crippen LogP contribution in [0, 0.1) is 0 Å². The Bertz CT molecular complexity index is 261. The molecule has 2 fully saturated rings. The van der Waals surface area contributed by atoms with Gasteiger partial charge in [-0.15, -0.1) is 0 Å². The topological polar surface area (TPSA) is 41.6 Å². The number of nitrogens with two attached hydrogens (primary N) is 1. The molecule has 2 aliphatic carbocycles. The Balaban J connectivity index is 1.89. The fourth-order valence-electron chi connectivity index (χ4n) is 3.32. The monoisotopic (exact) mass is 251 g/mol. The van der Waals surface area contributed by atoms with Gasteiger partial charge in [0.25, 0.3) is 0 Å². The summed E-state index contributed by atoms with van der Waals surface area (Å²) in [6, 6.07) is 1.12.